The Bertz CT molecular complexity index is 752. The van der Waals surface area contributed by atoms with E-state index >= 15 is 0 Å². The van der Waals surface area contributed by atoms with E-state index in [1.807, 2.05) is 23.7 Å². The minimum absolute atomic E-state index is 0.233. The Kier molecular flexibility index (Phi) is 6.64. The molecular weight excluding hydrogens is 342 g/mol. The summed E-state index contributed by atoms with van der Waals surface area (Å²) in [6.07, 6.45) is 4.17. The van der Waals surface area contributed by atoms with Gasteiger partial charge in [-0.1, -0.05) is 18.2 Å². The van der Waals surface area contributed by atoms with Gasteiger partial charge in [-0.25, -0.2) is 0 Å². The molecule has 146 valence electrons. The Balaban J connectivity index is 1.67. The highest BCUT2D eigenvalue weighted by molar-refractivity contribution is 5.79. The van der Waals surface area contributed by atoms with Crippen molar-refractivity contribution in [1.29, 1.82) is 0 Å². The zero-order valence-electron chi connectivity index (χ0n) is 16.4. The van der Waals surface area contributed by atoms with E-state index in [4.69, 9.17) is 4.74 Å². The predicted molar refractivity (Wildman–Crippen MR) is 106 cm³/mol. The maximum absolute atomic E-state index is 5.61. The summed E-state index contributed by atoms with van der Waals surface area (Å²) in [4.78, 5) is 6.85. The molecule has 0 radical (unpaired) electrons. The van der Waals surface area contributed by atoms with Crippen molar-refractivity contribution in [2.75, 3.05) is 33.8 Å². The summed E-state index contributed by atoms with van der Waals surface area (Å²) in [6, 6.07) is 8.50. The molecule has 0 spiro atoms. The number of aliphatic imine (C=N–C) groups is 1. The smallest absolute Gasteiger partial charge is 0.191 e. The Morgan fingerprint density at radius 1 is 1.26 bits per heavy atom. The lowest BCUT2D eigenvalue weighted by Gasteiger charge is -2.30. The van der Waals surface area contributed by atoms with Crippen molar-refractivity contribution in [3.8, 4) is 5.75 Å². The highest BCUT2D eigenvalue weighted by Crippen LogP contribution is 2.31. The topological polar surface area (TPSA) is 79.6 Å². The molecule has 1 aromatic carbocycles. The zero-order chi connectivity index (χ0) is 19.1. The first kappa shape index (κ1) is 19.2. The molecule has 1 aromatic heterocycles. The number of benzene rings is 1. The molecule has 3 rings (SSSR count). The summed E-state index contributed by atoms with van der Waals surface area (Å²) in [5.41, 5.74) is 1.21. The number of para-hydroxylation sites is 1. The van der Waals surface area contributed by atoms with Crippen LogP contribution in [0.4, 0.5) is 0 Å². The van der Waals surface area contributed by atoms with Gasteiger partial charge in [0.2, 0.25) is 0 Å². The average Bonchev–Trinajstić information content (AvgIpc) is 3.37. The highest BCUT2D eigenvalue weighted by atomic mass is 16.5. The van der Waals surface area contributed by atoms with Crippen molar-refractivity contribution >= 4 is 5.96 Å². The summed E-state index contributed by atoms with van der Waals surface area (Å²) in [6.45, 7) is 3.53. The number of hydrogen-bond donors (Lipinski definition) is 2. The van der Waals surface area contributed by atoms with Gasteiger partial charge < -0.3 is 19.9 Å². The maximum Gasteiger partial charge on any atom is 0.191 e. The second-order valence-corrected chi connectivity index (χ2v) is 6.67. The maximum atomic E-state index is 5.61. The van der Waals surface area contributed by atoms with Crippen LogP contribution in [-0.2, 0) is 13.6 Å². The van der Waals surface area contributed by atoms with Gasteiger partial charge in [-0.3, -0.25) is 9.89 Å². The number of aromatic nitrogens is 3. The monoisotopic (exact) mass is 371 g/mol. The molecule has 2 N–H and O–H groups in total. The van der Waals surface area contributed by atoms with Gasteiger partial charge in [-0.15, -0.1) is 10.2 Å². The number of guanidine groups is 1. The number of methoxy groups -OCH3 is 1. The minimum atomic E-state index is 0.233. The molecule has 1 aliphatic rings. The van der Waals surface area contributed by atoms with Crippen molar-refractivity contribution in [3.63, 3.8) is 0 Å². The van der Waals surface area contributed by atoms with E-state index in [0.717, 1.165) is 37.2 Å². The summed E-state index contributed by atoms with van der Waals surface area (Å²) >= 11 is 0. The Morgan fingerprint density at radius 2 is 2.04 bits per heavy atom. The number of nitrogens with one attached hydrogen (secondary N) is 2. The van der Waals surface area contributed by atoms with Crippen molar-refractivity contribution in [2.45, 2.75) is 25.4 Å². The zero-order valence-corrected chi connectivity index (χ0v) is 16.4. The molecule has 0 saturated carbocycles. The second-order valence-electron chi connectivity index (χ2n) is 6.67. The van der Waals surface area contributed by atoms with Gasteiger partial charge in [0.1, 0.15) is 12.1 Å². The lowest BCUT2D eigenvalue weighted by Crippen LogP contribution is -2.42. The molecule has 1 atom stereocenters. The Hall–Kier alpha value is -2.61. The van der Waals surface area contributed by atoms with Gasteiger partial charge in [0.05, 0.1) is 19.7 Å². The molecule has 27 heavy (non-hydrogen) atoms. The Morgan fingerprint density at radius 3 is 2.70 bits per heavy atom. The van der Waals surface area contributed by atoms with Crippen LogP contribution in [0.1, 0.15) is 30.3 Å². The fourth-order valence-electron chi connectivity index (χ4n) is 3.47. The number of aryl methyl sites for hydroxylation is 1. The fraction of sp³-hybridized carbons (Fsp3) is 0.526. The van der Waals surface area contributed by atoms with Crippen LogP contribution in [-0.4, -0.2) is 59.4 Å². The van der Waals surface area contributed by atoms with Crippen LogP contribution in [0, 0.1) is 0 Å². The van der Waals surface area contributed by atoms with Crippen LogP contribution < -0.4 is 15.4 Å². The van der Waals surface area contributed by atoms with E-state index in [1.165, 1.54) is 18.4 Å². The second kappa shape index (κ2) is 9.36. The number of ether oxygens (including phenoxy) is 1. The molecule has 1 fully saturated rings. The molecule has 2 aromatic rings. The molecular formula is C19H29N7O. The van der Waals surface area contributed by atoms with Crippen molar-refractivity contribution in [3.05, 3.63) is 42.0 Å². The van der Waals surface area contributed by atoms with Gasteiger partial charge in [0.25, 0.3) is 0 Å². The van der Waals surface area contributed by atoms with Gasteiger partial charge >= 0.3 is 0 Å². The normalized spacial score (nSPS) is 16.3. The molecule has 1 aliphatic heterocycles. The van der Waals surface area contributed by atoms with E-state index in [0.29, 0.717) is 6.54 Å². The third-order valence-corrected chi connectivity index (χ3v) is 4.98. The summed E-state index contributed by atoms with van der Waals surface area (Å²) in [5.74, 6) is 2.54. The third kappa shape index (κ3) is 4.77. The first-order valence-corrected chi connectivity index (χ1v) is 9.37. The molecule has 0 bridgehead atoms. The lowest BCUT2D eigenvalue weighted by molar-refractivity contribution is 0.239. The molecule has 0 amide bonds. The molecule has 8 heteroatoms. The highest BCUT2D eigenvalue weighted by Gasteiger charge is 2.26. The largest absolute Gasteiger partial charge is 0.496 e. The van der Waals surface area contributed by atoms with E-state index in [9.17, 15) is 0 Å². The molecule has 0 aliphatic carbocycles. The first-order valence-electron chi connectivity index (χ1n) is 9.37. The van der Waals surface area contributed by atoms with Gasteiger partial charge in [0, 0.05) is 26.2 Å². The van der Waals surface area contributed by atoms with Gasteiger partial charge in [-0.05, 0) is 32.0 Å². The minimum Gasteiger partial charge on any atom is -0.496 e. The van der Waals surface area contributed by atoms with Crippen LogP contribution in [0.2, 0.25) is 0 Å². The van der Waals surface area contributed by atoms with E-state index < -0.39 is 0 Å². The van der Waals surface area contributed by atoms with Crippen LogP contribution in [0.15, 0.2) is 35.6 Å². The quantitative estimate of drug-likeness (QED) is 0.565. The molecule has 1 unspecified atom stereocenters. The van der Waals surface area contributed by atoms with Crippen LogP contribution in [0.25, 0.3) is 0 Å². The molecule has 2 heterocycles. The number of hydrogen-bond acceptors (Lipinski definition) is 5. The number of rotatable bonds is 7. The summed E-state index contributed by atoms with van der Waals surface area (Å²) in [5, 5.41) is 14.8. The van der Waals surface area contributed by atoms with Crippen molar-refractivity contribution in [1.82, 2.24) is 30.3 Å². The average molecular weight is 371 g/mol. The van der Waals surface area contributed by atoms with Crippen LogP contribution >= 0.6 is 0 Å². The van der Waals surface area contributed by atoms with Crippen LogP contribution in [0.3, 0.4) is 0 Å². The molecule has 8 nitrogen and oxygen atoms in total. The van der Waals surface area contributed by atoms with E-state index in [1.54, 1.807) is 20.5 Å². The van der Waals surface area contributed by atoms with Gasteiger partial charge in [-0.2, -0.15) is 0 Å². The van der Waals surface area contributed by atoms with Crippen molar-refractivity contribution < 1.29 is 4.74 Å². The van der Waals surface area contributed by atoms with Crippen LogP contribution in [0.5, 0.6) is 5.75 Å². The predicted octanol–water partition coefficient (Wildman–Crippen LogP) is 1.33. The lowest BCUT2D eigenvalue weighted by atomic mass is 10.0. The number of likely N-dealkylation sites (tertiary alicyclic amines) is 1. The standard InChI is InChI=1S/C19H29N7O/c1-20-19(22-13-18-24-23-14-25(18)2)21-12-16(26-10-6-7-11-26)15-8-4-5-9-17(15)27-3/h4-5,8-9,14,16H,6-7,10-13H2,1-3H3,(H2,20,21,22). The molecule has 1 saturated heterocycles. The van der Waals surface area contributed by atoms with Crippen molar-refractivity contribution in [2.24, 2.45) is 12.0 Å². The first-order chi connectivity index (χ1) is 13.2. The Labute approximate surface area is 160 Å². The summed E-state index contributed by atoms with van der Waals surface area (Å²) in [7, 11) is 5.44. The van der Waals surface area contributed by atoms with E-state index in [2.05, 4.69) is 42.9 Å². The number of nitrogens with zero attached hydrogens (tertiary/aromatic N) is 5. The third-order valence-electron chi connectivity index (χ3n) is 4.98. The van der Waals surface area contributed by atoms with Gasteiger partial charge in [0.15, 0.2) is 11.8 Å². The fourth-order valence-corrected chi connectivity index (χ4v) is 3.47. The summed E-state index contributed by atoms with van der Waals surface area (Å²) < 4.78 is 7.50. The van der Waals surface area contributed by atoms with E-state index in [-0.39, 0.29) is 6.04 Å². The SMILES string of the molecule is CN=C(NCc1nncn1C)NCC(c1ccccc1OC)N1CCCC1.